The molecule has 1 saturated heterocycles. The first-order valence-corrected chi connectivity index (χ1v) is 12.2. The third-order valence-electron chi connectivity index (χ3n) is 5.13. The highest BCUT2D eigenvalue weighted by Crippen LogP contribution is 2.31. The van der Waals surface area contributed by atoms with Gasteiger partial charge < -0.3 is 15.5 Å². The quantitative estimate of drug-likeness (QED) is 0.311. The van der Waals surface area contributed by atoms with Crippen molar-refractivity contribution in [2.24, 2.45) is 0 Å². The van der Waals surface area contributed by atoms with Crippen LogP contribution in [0.5, 0.6) is 5.88 Å². The number of benzene rings is 1. The highest BCUT2D eigenvalue weighted by molar-refractivity contribution is 6.38. The molecule has 0 spiro atoms. The van der Waals surface area contributed by atoms with E-state index in [4.69, 9.17) is 44.6 Å². The fraction of sp³-hybridized carbons (Fsp3) is 0.261. The lowest BCUT2D eigenvalue weighted by atomic mass is 10.1. The summed E-state index contributed by atoms with van der Waals surface area (Å²) in [6.07, 6.45) is 1.65. The summed E-state index contributed by atoms with van der Waals surface area (Å²) in [6.45, 7) is 4.69. The molecule has 1 aromatic carbocycles. The molecule has 37 heavy (non-hydrogen) atoms. The number of aromatic nitrogens is 3. The molecule has 1 fully saturated rings. The Labute approximate surface area is 226 Å². The number of pyridine rings is 1. The Morgan fingerprint density at radius 1 is 1.05 bits per heavy atom. The van der Waals surface area contributed by atoms with E-state index in [9.17, 15) is 14.4 Å². The number of hydrogen-bond donors (Lipinski definition) is 2. The van der Waals surface area contributed by atoms with Crippen molar-refractivity contribution in [1.82, 2.24) is 25.0 Å². The zero-order valence-corrected chi connectivity index (χ0v) is 21.9. The van der Waals surface area contributed by atoms with E-state index in [-0.39, 0.29) is 49.8 Å². The number of nitrogens with one attached hydrogen (secondary N) is 2. The molecule has 2 N–H and O–H groups in total. The Bertz CT molecular complexity index is 1360. The molecule has 1 aliphatic heterocycles. The van der Waals surface area contributed by atoms with E-state index >= 15 is 0 Å². The van der Waals surface area contributed by atoms with Gasteiger partial charge in [0.15, 0.2) is 5.82 Å². The van der Waals surface area contributed by atoms with Gasteiger partial charge in [0.2, 0.25) is 0 Å². The standard InChI is InChI=1S/C23H21Cl3N6O5/c1-12(2)28-21(33)14-9-13(24)10-16(26)19(14)29-22(34)17-11-18(36-37-23(35)31-7-4-8-31)30-32(17)20-15(25)5-3-6-27-20/h3,5-6,9-12H,4,7-8H2,1-2H3,(H,28,33)(H,29,34). The number of carbonyl (C=O) groups is 3. The summed E-state index contributed by atoms with van der Waals surface area (Å²) in [5.74, 6) is -1.32. The summed E-state index contributed by atoms with van der Waals surface area (Å²) >= 11 is 18.7. The lowest BCUT2D eigenvalue weighted by Gasteiger charge is -2.28. The summed E-state index contributed by atoms with van der Waals surface area (Å²) in [5, 5.41) is 9.97. The van der Waals surface area contributed by atoms with Gasteiger partial charge in [-0.1, -0.05) is 34.8 Å². The van der Waals surface area contributed by atoms with Crippen molar-refractivity contribution in [1.29, 1.82) is 0 Å². The van der Waals surface area contributed by atoms with Gasteiger partial charge in [-0.05, 0) is 44.5 Å². The van der Waals surface area contributed by atoms with E-state index in [1.807, 2.05) is 0 Å². The lowest BCUT2D eigenvalue weighted by molar-refractivity contribution is -0.161. The normalized spacial score (nSPS) is 12.6. The van der Waals surface area contributed by atoms with E-state index in [0.29, 0.717) is 13.1 Å². The van der Waals surface area contributed by atoms with Gasteiger partial charge in [0.1, 0.15) is 5.69 Å². The molecule has 0 radical (unpaired) electrons. The molecule has 3 amide bonds. The Kier molecular flexibility index (Phi) is 8.06. The summed E-state index contributed by atoms with van der Waals surface area (Å²) in [4.78, 5) is 53.7. The van der Waals surface area contributed by atoms with Crippen LogP contribution in [0.1, 0.15) is 41.1 Å². The van der Waals surface area contributed by atoms with Crippen molar-refractivity contribution in [3.05, 3.63) is 62.9 Å². The second-order valence-electron chi connectivity index (χ2n) is 8.25. The average Bonchev–Trinajstić information content (AvgIpc) is 3.22. The minimum absolute atomic E-state index is 0.0285. The molecule has 0 unspecified atom stereocenters. The predicted octanol–water partition coefficient (Wildman–Crippen LogP) is 4.75. The minimum atomic E-state index is -0.735. The van der Waals surface area contributed by atoms with Crippen LogP contribution in [0.2, 0.25) is 15.1 Å². The van der Waals surface area contributed by atoms with Crippen molar-refractivity contribution in [2.45, 2.75) is 26.3 Å². The monoisotopic (exact) mass is 566 g/mol. The fourth-order valence-corrected chi connectivity index (χ4v) is 4.03. The van der Waals surface area contributed by atoms with Gasteiger partial charge in [-0.25, -0.2) is 19.3 Å². The number of halogens is 3. The highest BCUT2D eigenvalue weighted by Gasteiger charge is 2.26. The van der Waals surface area contributed by atoms with Crippen LogP contribution in [0.3, 0.4) is 0 Å². The molecule has 14 heteroatoms. The van der Waals surface area contributed by atoms with Gasteiger partial charge in [-0.3, -0.25) is 14.5 Å². The lowest BCUT2D eigenvalue weighted by Crippen LogP contribution is -2.42. The molecule has 1 aliphatic rings. The largest absolute Gasteiger partial charge is 0.452 e. The first-order valence-electron chi connectivity index (χ1n) is 11.1. The van der Waals surface area contributed by atoms with E-state index < -0.39 is 17.9 Å². The Hall–Kier alpha value is -3.54. The maximum atomic E-state index is 13.4. The molecule has 11 nitrogen and oxygen atoms in total. The summed E-state index contributed by atoms with van der Waals surface area (Å²) in [7, 11) is 0. The van der Waals surface area contributed by atoms with Crippen LogP contribution in [0.4, 0.5) is 10.5 Å². The van der Waals surface area contributed by atoms with Crippen LogP contribution < -0.4 is 15.5 Å². The SMILES string of the molecule is CC(C)NC(=O)c1cc(Cl)cc(Cl)c1NC(=O)c1cc(OOC(=O)N2CCC2)nn1-c1ncccc1Cl. The maximum Gasteiger partial charge on any atom is 0.452 e. The van der Waals surface area contributed by atoms with Crippen molar-refractivity contribution >= 4 is 58.4 Å². The van der Waals surface area contributed by atoms with Gasteiger partial charge in [0, 0.05) is 36.4 Å². The van der Waals surface area contributed by atoms with Crippen molar-refractivity contribution in [3.8, 4) is 11.7 Å². The molecule has 0 bridgehead atoms. The third kappa shape index (κ3) is 6.07. The predicted molar refractivity (Wildman–Crippen MR) is 137 cm³/mol. The summed E-state index contributed by atoms with van der Waals surface area (Å²) in [5.41, 5.74) is -0.0148. The Morgan fingerprint density at radius 2 is 1.81 bits per heavy atom. The van der Waals surface area contributed by atoms with Crippen LogP contribution in [0.15, 0.2) is 36.5 Å². The van der Waals surface area contributed by atoms with Crippen LogP contribution in [0, 0.1) is 0 Å². The minimum Gasteiger partial charge on any atom is -0.350 e. The van der Waals surface area contributed by atoms with Crippen LogP contribution >= 0.6 is 34.8 Å². The second-order valence-corrected chi connectivity index (χ2v) is 9.50. The highest BCUT2D eigenvalue weighted by atomic mass is 35.5. The molecule has 0 atom stereocenters. The molecule has 3 aromatic rings. The zero-order chi connectivity index (χ0) is 26.7. The number of nitrogens with zero attached hydrogens (tertiary/aromatic N) is 4. The molecular weight excluding hydrogens is 547 g/mol. The molecule has 2 aromatic heterocycles. The fourth-order valence-electron chi connectivity index (χ4n) is 3.28. The Balaban J connectivity index is 1.67. The molecular formula is C23H21Cl3N6O5. The van der Waals surface area contributed by atoms with Gasteiger partial charge in [0.05, 0.1) is 21.3 Å². The molecule has 0 saturated carbocycles. The number of likely N-dealkylation sites (tertiary alicyclic amines) is 1. The van der Waals surface area contributed by atoms with E-state index in [1.165, 1.54) is 29.3 Å². The van der Waals surface area contributed by atoms with Crippen LogP contribution in [-0.2, 0) is 4.89 Å². The van der Waals surface area contributed by atoms with Crippen LogP contribution in [-0.4, -0.2) is 56.7 Å². The van der Waals surface area contributed by atoms with E-state index in [2.05, 4.69) is 20.7 Å². The van der Waals surface area contributed by atoms with Gasteiger partial charge in [0.25, 0.3) is 17.7 Å². The number of hydrogen-bond acceptors (Lipinski definition) is 7. The van der Waals surface area contributed by atoms with Gasteiger partial charge in [-0.2, -0.15) is 0 Å². The zero-order valence-electron chi connectivity index (χ0n) is 19.6. The summed E-state index contributed by atoms with van der Waals surface area (Å²) < 4.78 is 1.11. The molecule has 3 heterocycles. The first-order chi connectivity index (χ1) is 17.6. The van der Waals surface area contributed by atoms with E-state index in [0.717, 1.165) is 11.1 Å². The number of anilines is 1. The first kappa shape index (κ1) is 26.5. The third-order valence-corrected chi connectivity index (χ3v) is 5.94. The number of rotatable bonds is 7. The number of amides is 3. The topological polar surface area (TPSA) is 128 Å². The van der Waals surface area contributed by atoms with E-state index in [1.54, 1.807) is 26.0 Å². The smallest absolute Gasteiger partial charge is 0.350 e. The van der Waals surface area contributed by atoms with Crippen LogP contribution in [0.25, 0.3) is 5.82 Å². The summed E-state index contributed by atoms with van der Waals surface area (Å²) in [6, 6.07) is 6.98. The number of carbonyl (C=O) groups excluding carboxylic acids is 3. The second kappa shape index (κ2) is 11.2. The van der Waals surface area contributed by atoms with Crippen molar-refractivity contribution in [3.63, 3.8) is 0 Å². The molecule has 194 valence electrons. The molecule has 4 rings (SSSR count). The van der Waals surface area contributed by atoms with Crippen molar-refractivity contribution in [2.75, 3.05) is 18.4 Å². The maximum absolute atomic E-state index is 13.4. The average molecular weight is 568 g/mol. The molecule has 0 aliphatic carbocycles. The Morgan fingerprint density at radius 3 is 2.46 bits per heavy atom. The van der Waals surface area contributed by atoms with Crippen molar-refractivity contribution < 1.29 is 24.2 Å². The van der Waals surface area contributed by atoms with Gasteiger partial charge >= 0.3 is 6.09 Å². The van der Waals surface area contributed by atoms with Gasteiger partial charge in [-0.15, -0.1) is 5.10 Å².